The maximum absolute atomic E-state index is 12.9. The van der Waals surface area contributed by atoms with E-state index in [1.807, 2.05) is 0 Å². The fourth-order valence-electron chi connectivity index (χ4n) is 3.75. The van der Waals surface area contributed by atoms with E-state index in [1.54, 1.807) is 36.4 Å². The van der Waals surface area contributed by atoms with Gasteiger partial charge in [-0.15, -0.1) is 0 Å². The number of rotatable bonds is 4. The van der Waals surface area contributed by atoms with Gasteiger partial charge in [-0.1, -0.05) is 25.0 Å². The molecule has 0 unspecified atom stereocenters. The Morgan fingerprint density at radius 1 is 1.04 bits per heavy atom. The first kappa shape index (κ1) is 17.3. The second-order valence-electron chi connectivity index (χ2n) is 6.83. The Balaban J connectivity index is 1.64. The number of anilines is 1. The Morgan fingerprint density at radius 2 is 1.74 bits per heavy atom. The van der Waals surface area contributed by atoms with Gasteiger partial charge in [-0.05, 0) is 43.2 Å². The largest absolute Gasteiger partial charge is 0.495 e. The molecule has 1 aliphatic heterocycles. The van der Waals surface area contributed by atoms with E-state index in [0.29, 0.717) is 22.6 Å². The van der Waals surface area contributed by atoms with Gasteiger partial charge >= 0.3 is 0 Å². The van der Waals surface area contributed by atoms with Gasteiger partial charge in [0.2, 0.25) is 0 Å². The molecule has 0 saturated heterocycles. The van der Waals surface area contributed by atoms with Crippen LogP contribution in [0.3, 0.4) is 0 Å². The monoisotopic (exact) mass is 364 g/mol. The molecule has 27 heavy (non-hydrogen) atoms. The third-order valence-corrected chi connectivity index (χ3v) is 5.17. The molecule has 6 nitrogen and oxygen atoms in total. The van der Waals surface area contributed by atoms with Gasteiger partial charge in [0.15, 0.2) is 0 Å². The van der Waals surface area contributed by atoms with E-state index in [9.17, 15) is 14.4 Å². The fraction of sp³-hybridized carbons (Fsp3) is 0.286. The molecule has 1 saturated carbocycles. The number of fused-ring (bicyclic) bond motifs is 1. The Morgan fingerprint density at radius 3 is 2.48 bits per heavy atom. The predicted octanol–water partition coefficient (Wildman–Crippen LogP) is 3.17. The number of para-hydroxylation sites is 2. The highest BCUT2D eigenvalue weighted by molar-refractivity contribution is 6.35. The van der Waals surface area contributed by atoms with Crippen LogP contribution in [0.5, 0.6) is 5.75 Å². The molecule has 4 rings (SSSR count). The minimum atomic E-state index is -0.449. The lowest BCUT2D eigenvalue weighted by Crippen LogP contribution is -2.32. The quantitative estimate of drug-likeness (QED) is 0.846. The average Bonchev–Trinajstić information content (AvgIpc) is 3.28. The molecule has 138 valence electrons. The van der Waals surface area contributed by atoms with Gasteiger partial charge in [-0.25, -0.2) is 4.90 Å². The molecule has 3 amide bonds. The van der Waals surface area contributed by atoms with Crippen molar-refractivity contribution in [2.75, 3.05) is 12.0 Å². The third kappa shape index (κ3) is 2.97. The molecule has 0 radical (unpaired) electrons. The number of imide groups is 1. The van der Waals surface area contributed by atoms with E-state index in [1.165, 1.54) is 13.2 Å². The van der Waals surface area contributed by atoms with E-state index in [-0.39, 0.29) is 17.5 Å². The van der Waals surface area contributed by atoms with Crippen LogP contribution in [0.15, 0.2) is 42.5 Å². The van der Waals surface area contributed by atoms with E-state index in [2.05, 4.69) is 5.32 Å². The molecule has 2 aromatic rings. The molecule has 0 atom stereocenters. The van der Waals surface area contributed by atoms with Gasteiger partial charge in [0.05, 0.1) is 23.9 Å². The molecule has 6 heteroatoms. The maximum Gasteiger partial charge on any atom is 0.266 e. The summed E-state index contributed by atoms with van der Waals surface area (Å²) < 4.78 is 5.28. The van der Waals surface area contributed by atoms with Crippen molar-refractivity contribution < 1.29 is 19.1 Å². The number of hydrogen-bond acceptors (Lipinski definition) is 4. The van der Waals surface area contributed by atoms with Crippen molar-refractivity contribution in [3.63, 3.8) is 0 Å². The Labute approximate surface area is 157 Å². The van der Waals surface area contributed by atoms with Crippen molar-refractivity contribution in [1.82, 2.24) is 5.32 Å². The van der Waals surface area contributed by atoms with Gasteiger partial charge in [-0.3, -0.25) is 14.4 Å². The molecular formula is C21H20N2O4. The van der Waals surface area contributed by atoms with Crippen molar-refractivity contribution in [3.8, 4) is 5.75 Å². The molecule has 0 spiro atoms. The summed E-state index contributed by atoms with van der Waals surface area (Å²) in [6.45, 7) is 0. The zero-order valence-corrected chi connectivity index (χ0v) is 15.0. The van der Waals surface area contributed by atoms with E-state index in [0.717, 1.165) is 30.6 Å². The number of carbonyl (C=O) groups excluding carboxylic acids is 3. The number of nitrogens with one attached hydrogen (secondary N) is 1. The highest BCUT2D eigenvalue weighted by Gasteiger charge is 2.38. The smallest absolute Gasteiger partial charge is 0.266 e. The number of benzene rings is 2. The lowest BCUT2D eigenvalue weighted by atomic mass is 10.0. The molecule has 0 aromatic heterocycles. The van der Waals surface area contributed by atoms with Crippen molar-refractivity contribution in [3.05, 3.63) is 59.2 Å². The van der Waals surface area contributed by atoms with Crippen LogP contribution < -0.4 is 15.0 Å². The van der Waals surface area contributed by atoms with E-state index in [4.69, 9.17) is 4.74 Å². The molecule has 2 aromatic carbocycles. The summed E-state index contributed by atoms with van der Waals surface area (Å²) in [6.07, 6.45) is 4.21. The van der Waals surface area contributed by atoms with E-state index >= 15 is 0 Å². The zero-order valence-electron chi connectivity index (χ0n) is 15.0. The number of methoxy groups -OCH3 is 1. The summed E-state index contributed by atoms with van der Waals surface area (Å²) in [5, 5.41) is 3.00. The molecule has 1 aliphatic carbocycles. The number of amides is 3. The second kappa shape index (κ2) is 6.87. The van der Waals surface area contributed by atoms with Crippen LogP contribution in [0.1, 0.15) is 56.8 Å². The summed E-state index contributed by atoms with van der Waals surface area (Å²) in [6, 6.07) is 11.7. The van der Waals surface area contributed by atoms with E-state index < -0.39 is 11.8 Å². The summed E-state index contributed by atoms with van der Waals surface area (Å²) in [5.41, 5.74) is 1.32. The number of ether oxygens (including phenoxy) is 1. The van der Waals surface area contributed by atoms with Crippen LogP contribution in [0.2, 0.25) is 0 Å². The molecule has 0 bridgehead atoms. The Kier molecular flexibility index (Phi) is 4.39. The van der Waals surface area contributed by atoms with Crippen LogP contribution >= 0.6 is 0 Å². The molecule has 1 N–H and O–H groups in total. The number of nitrogens with zero attached hydrogens (tertiary/aromatic N) is 1. The normalized spacial score (nSPS) is 16.6. The maximum atomic E-state index is 12.9. The zero-order chi connectivity index (χ0) is 19.0. The third-order valence-electron chi connectivity index (χ3n) is 5.17. The van der Waals surface area contributed by atoms with Gasteiger partial charge in [0, 0.05) is 11.6 Å². The standard InChI is InChI=1S/C21H20N2O4/c1-27-18-9-5-4-8-17(18)23-20(25)15-11-10-13(12-16(15)21(23)26)19(24)22-14-6-2-3-7-14/h4-5,8-12,14H,2-3,6-7H2,1H3,(H,22,24). The van der Waals surface area contributed by atoms with Gasteiger partial charge in [-0.2, -0.15) is 0 Å². The Hall–Kier alpha value is -3.15. The first-order chi connectivity index (χ1) is 13.1. The van der Waals surface area contributed by atoms with Crippen molar-refractivity contribution in [2.45, 2.75) is 31.7 Å². The first-order valence-corrected chi connectivity index (χ1v) is 9.07. The topological polar surface area (TPSA) is 75.7 Å². The summed E-state index contributed by atoms with van der Waals surface area (Å²) >= 11 is 0. The minimum absolute atomic E-state index is 0.188. The SMILES string of the molecule is COc1ccccc1N1C(=O)c2ccc(C(=O)NC3CCCC3)cc2C1=O. The second-order valence-corrected chi connectivity index (χ2v) is 6.83. The summed E-state index contributed by atoms with van der Waals surface area (Å²) in [4.78, 5) is 39.3. The van der Waals surface area contributed by atoms with Crippen LogP contribution in [-0.4, -0.2) is 30.9 Å². The molecule has 1 heterocycles. The van der Waals surface area contributed by atoms with Crippen molar-refractivity contribution >= 4 is 23.4 Å². The highest BCUT2D eigenvalue weighted by Crippen LogP contribution is 2.34. The van der Waals surface area contributed by atoms with Gasteiger partial charge in [0.1, 0.15) is 5.75 Å². The van der Waals surface area contributed by atoms with Gasteiger partial charge < -0.3 is 10.1 Å². The summed E-state index contributed by atoms with van der Waals surface area (Å²) in [7, 11) is 1.49. The highest BCUT2D eigenvalue weighted by atomic mass is 16.5. The lowest BCUT2D eigenvalue weighted by molar-refractivity contribution is 0.0920. The molecular weight excluding hydrogens is 344 g/mol. The first-order valence-electron chi connectivity index (χ1n) is 9.07. The van der Waals surface area contributed by atoms with Crippen LogP contribution in [0, 0.1) is 0 Å². The Bertz CT molecular complexity index is 932. The van der Waals surface area contributed by atoms with Crippen LogP contribution in [0.25, 0.3) is 0 Å². The van der Waals surface area contributed by atoms with Gasteiger partial charge in [0.25, 0.3) is 17.7 Å². The number of carbonyl (C=O) groups is 3. The molecule has 1 fully saturated rings. The van der Waals surface area contributed by atoms with Crippen molar-refractivity contribution in [2.24, 2.45) is 0 Å². The number of hydrogen-bond donors (Lipinski definition) is 1. The average molecular weight is 364 g/mol. The molecule has 2 aliphatic rings. The fourth-order valence-corrected chi connectivity index (χ4v) is 3.75. The lowest BCUT2D eigenvalue weighted by Gasteiger charge is -2.16. The minimum Gasteiger partial charge on any atom is -0.495 e. The van der Waals surface area contributed by atoms with Crippen LogP contribution in [-0.2, 0) is 0 Å². The summed E-state index contributed by atoms with van der Waals surface area (Å²) in [5.74, 6) is -0.635. The van der Waals surface area contributed by atoms with Crippen molar-refractivity contribution in [1.29, 1.82) is 0 Å². The predicted molar refractivity (Wildman–Crippen MR) is 100 cm³/mol. The van der Waals surface area contributed by atoms with Crippen LogP contribution in [0.4, 0.5) is 5.69 Å².